The van der Waals surface area contributed by atoms with Crippen LogP contribution in [0.2, 0.25) is 0 Å². The highest BCUT2D eigenvalue weighted by molar-refractivity contribution is 6.06. The SMILES string of the molecule is CC1(C)C(=O)Nc2ncnc(N3CCC(c4nc(-c5ccc(F)c(F)c5)cn4CCN4CCC(O)C4)CC3)c21. The molecule has 11 heteroatoms. The van der Waals surface area contributed by atoms with E-state index < -0.39 is 17.0 Å². The molecule has 1 unspecified atom stereocenters. The van der Waals surface area contributed by atoms with Crippen molar-refractivity contribution in [2.24, 2.45) is 0 Å². The molecule has 6 rings (SSSR count). The Morgan fingerprint density at radius 1 is 1.08 bits per heavy atom. The summed E-state index contributed by atoms with van der Waals surface area (Å²) in [5.74, 6) is 0.625. The third-order valence-electron chi connectivity index (χ3n) is 8.34. The van der Waals surface area contributed by atoms with Gasteiger partial charge in [-0.1, -0.05) is 0 Å². The van der Waals surface area contributed by atoms with E-state index >= 15 is 0 Å². The van der Waals surface area contributed by atoms with Gasteiger partial charge in [-0.15, -0.1) is 0 Å². The molecule has 2 N–H and O–H groups in total. The van der Waals surface area contributed by atoms with Crippen molar-refractivity contribution < 1.29 is 18.7 Å². The van der Waals surface area contributed by atoms with E-state index in [1.54, 1.807) is 6.07 Å². The van der Waals surface area contributed by atoms with Crippen LogP contribution in [0.1, 0.15) is 50.4 Å². The van der Waals surface area contributed by atoms with Crippen molar-refractivity contribution in [3.8, 4) is 11.3 Å². The zero-order valence-corrected chi connectivity index (χ0v) is 22.2. The molecular weight excluding hydrogens is 504 g/mol. The lowest BCUT2D eigenvalue weighted by Crippen LogP contribution is -2.37. The number of amides is 1. The van der Waals surface area contributed by atoms with Crippen molar-refractivity contribution in [3.63, 3.8) is 0 Å². The summed E-state index contributed by atoms with van der Waals surface area (Å²) in [6.45, 7) is 8.26. The maximum absolute atomic E-state index is 14.0. The molecule has 0 spiro atoms. The third-order valence-corrected chi connectivity index (χ3v) is 8.34. The first-order chi connectivity index (χ1) is 18.7. The van der Waals surface area contributed by atoms with E-state index in [1.807, 2.05) is 20.0 Å². The summed E-state index contributed by atoms with van der Waals surface area (Å²) in [6.07, 6.45) is 5.58. The van der Waals surface area contributed by atoms with Crippen LogP contribution >= 0.6 is 0 Å². The van der Waals surface area contributed by atoms with E-state index in [0.29, 0.717) is 30.2 Å². The summed E-state index contributed by atoms with van der Waals surface area (Å²) in [7, 11) is 0. The number of aromatic nitrogens is 4. The van der Waals surface area contributed by atoms with Crippen LogP contribution in [0, 0.1) is 11.6 Å². The smallest absolute Gasteiger partial charge is 0.235 e. The van der Waals surface area contributed by atoms with Crippen LogP contribution in [0.25, 0.3) is 11.3 Å². The number of nitrogens with one attached hydrogen (secondary N) is 1. The van der Waals surface area contributed by atoms with E-state index in [2.05, 4.69) is 29.7 Å². The van der Waals surface area contributed by atoms with Gasteiger partial charge in [0.15, 0.2) is 11.6 Å². The number of likely N-dealkylation sites (tertiary alicyclic amines) is 1. The highest BCUT2D eigenvalue weighted by Crippen LogP contribution is 2.42. The number of hydrogen-bond donors (Lipinski definition) is 2. The first kappa shape index (κ1) is 25.8. The molecule has 0 radical (unpaired) electrons. The average molecular weight is 538 g/mol. The fourth-order valence-electron chi connectivity index (χ4n) is 6.01. The largest absolute Gasteiger partial charge is 0.392 e. The summed E-state index contributed by atoms with van der Waals surface area (Å²) in [6, 6.07) is 3.88. The normalized spacial score (nSPS) is 21.4. The molecule has 9 nitrogen and oxygen atoms in total. The van der Waals surface area contributed by atoms with Crippen LogP contribution in [-0.2, 0) is 16.8 Å². The number of aliphatic hydroxyl groups is 1. The van der Waals surface area contributed by atoms with Crippen molar-refractivity contribution in [1.82, 2.24) is 24.4 Å². The van der Waals surface area contributed by atoms with Gasteiger partial charge in [-0.05, 0) is 51.3 Å². The van der Waals surface area contributed by atoms with Gasteiger partial charge in [0, 0.05) is 56.9 Å². The van der Waals surface area contributed by atoms with Gasteiger partial charge in [-0.3, -0.25) is 9.69 Å². The molecule has 1 atom stereocenters. The molecule has 206 valence electrons. The second-order valence-electron chi connectivity index (χ2n) is 11.3. The first-order valence-electron chi connectivity index (χ1n) is 13.6. The molecule has 0 saturated carbocycles. The standard InChI is InChI=1S/C28H33F2N7O2/c1-28(2)23-24(34-27(28)39)31-16-32-26(23)36-9-5-17(6-10-36)25-33-22(18-3-4-20(29)21(30)13-18)15-37(25)12-11-35-8-7-19(38)14-35/h3-4,13,15-17,19,38H,5-12,14H2,1-2H3,(H,31,32,34,39). The molecule has 3 aliphatic heterocycles. The van der Waals surface area contributed by atoms with Gasteiger partial charge in [0.05, 0.1) is 22.8 Å². The number of hydrogen-bond acceptors (Lipinski definition) is 7. The Hall–Kier alpha value is -3.44. The zero-order chi connectivity index (χ0) is 27.3. The number of piperidine rings is 1. The number of benzene rings is 1. The quantitative estimate of drug-likeness (QED) is 0.498. The Bertz CT molecular complexity index is 1400. The Morgan fingerprint density at radius 2 is 1.87 bits per heavy atom. The molecule has 1 amide bonds. The van der Waals surface area contributed by atoms with Gasteiger partial charge in [-0.2, -0.15) is 0 Å². The number of carbonyl (C=O) groups excluding carboxylic acids is 1. The summed E-state index contributed by atoms with van der Waals surface area (Å²) >= 11 is 0. The Balaban J connectivity index is 1.24. The van der Waals surface area contributed by atoms with Crippen molar-refractivity contribution in [2.75, 3.05) is 42.9 Å². The fraction of sp³-hybridized carbons (Fsp3) is 0.500. The highest BCUT2D eigenvalue weighted by atomic mass is 19.2. The molecule has 0 bridgehead atoms. The summed E-state index contributed by atoms with van der Waals surface area (Å²) in [5, 5.41) is 12.8. The molecule has 2 fully saturated rings. The van der Waals surface area contributed by atoms with E-state index in [4.69, 9.17) is 4.98 Å². The van der Waals surface area contributed by atoms with E-state index in [9.17, 15) is 18.7 Å². The number of carbonyl (C=O) groups is 1. The molecule has 3 aromatic rings. The van der Waals surface area contributed by atoms with E-state index in [0.717, 1.165) is 68.7 Å². The van der Waals surface area contributed by atoms with Crippen LogP contribution < -0.4 is 10.2 Å². The fourth-order valence-corrected chi connectivity index (χ4v) is 6.01. The first-order valence-corrected chi connectivity index (χ1v) is 13.6. The lowest BCUT2D eigenvalue weighted by molar-refractivity contribution is -0.119. The molecule has 39 heavy (non-hydrogen) atoms. The Morgan fingerprint density at radius 3 is 2.59 bits per heavy atom. The summed E-state index contributed by atoms with van der Waals surface area (Å²) in [5.41, 5.74) is 1.29. The zero-order valence-electron chi connectivity index (χ0n) is 22.2. The van der Waals surface area contributed by atoms with Crippen molar-refractivity contribution in [2.45, 2.75) is 57.1 Å². The second-order valence-corrected chi connectivity index (χ2v) is 11.3. The number of imidazole rings is 1. The number of halogens is 2. The van der Waals surface area contributed by atoms with Crippen molar-refractivity contribution >= 4 is 17.5 Å². The minimum Gasteiger partial charge on any atom is -0.392 e. The average Bonchev–Trinajstić information content (AvgIpc) is 3.60. The van der Waals surface area contributed by atoms with Gasteiger partial charge >= 0.3 is 0 Å². The molecular formula is C28H33F2N7O2. The lowest BCUT2D eigenvalue weighted by Gasteiger charge is -2.34. The maximum atomic E-state index is 14.0. The number of nitrogens with zero attached hydrogens (tertiary/aromatic N) is 6. The minimum absolute atomic E-state index is 0.0774. The van der Waals surface area contributed by atoms with E-state index in [-0.39, 0.29) is 17.9 Å². The Labute approximate surface area is 225 Å². The van der Waals surface area contributed by atoms with Gasteiger partial charge in [0.25, 0.3) is 0 Å². The topological polar surface area (TPSA) is 99.4 Å². The molecule has 2 saturated heterocycles. The molecule has 0 aliphatic carbocycles. The predicted molar refractivity (Wildman–Crippen MR) is 143 cm³/mol. The van der Waals surface area contributed by atoms with Crippen LogP contribution in [-0.4, -0.2) is 74.3 Å². The predicted octanol–water partition coefficient (Wildman–Crippen LogP) is 3.30. The van der Waals surface area contributed by atoms with Gasteiger partial charge < -0.3 is 19.9 Å². The molecule has 3 aliphatic rings. The number of aliphatic hydroxyl groups excluding tert-OH is 1. The Kier molecular flexibility index (Phi) is 6.58. The van der Waals surface area contributed by atoms with Crippen LogP contribution in [0.5, 0.6) is 0 Å². The van der Waals surface area contributed by atoms with Gasteiger partial charge in [-0.25, -0.2) is 23.7 Å². The monoisotopic (exact) mass is 537 g/mol. The second kappa shape index (κ2) is 9.95. The number of rotatable bonds is 6. The third kappa shape index (κ3) is 4.78. The van der Waals surface area contributed by atoms with Crippen molar-refractivity contribution in [3.05, 3.63) is 53.7 Å². The molecule has 1 aromatic carbocycles. The van der Waals surface area contributed by atoms with E-state index in [1.165, 1.54) is 12.4 Å². The molecule has 5 heterocycles. The number of anilines is 2. The maximum Gasteiger partial charge on any atom is 0.235 e. The number of β-amino-alcohol motifs (C(OH)–C–C–N with tert-alkyl or cyclic N) is 1. The van der Waals surface area contributed by atoms with Crippen LogP contribution in [0.3, 0.4) is 0 Å². The minimum atomic E-state index is -0.892. The summed E-state index contributed by atoms with van der Waals surface area (Å²) in [4.78, 5) is 30.8. The number of fused-ring (bicyclic) bond motifs is 1. The molecule has 2 aromatic heterocycles. The van der Waals surface area contributed by atoms with Crippen LogP contribution in [0.15, 0.2) is 30.7 Å². The van der Waals surface area contributed by atoms with Crippen molar-refractivity contribution in [1.29, 1.82) is 0 Å². The van der Waals surface area contributed by atoms with Crippen LogP contribution in [0.4, 0.5) is 20.4 Å². The summed E-state index contributed by atoms with van der Waals surface area (Å²) < 4.78 is 29.7. The van der Waals surface area contributed by atoms with Gasteiger partial charge in [0.1, 0.15) is 23.8 Å². The van der Waals surface area contributed by atoms with Gasteiger partial charge in [0.2, 0.25) is 5.91 Å². The lowest BCUT2D eigenvalue weighted by atomic mass is 9.86. The highest BCUT2D eigenvalue weighted by Gasteiger charge is 2.43.